The number of hydrogen-bond acceptors (Lipinski definition) is 2. The van der Waals surface area contributed by atoms with Crippen LogP contribution in [0.25, 0.3) is 0 Å². The normalized spacial score (nSPS) is 22.7. The molecule has 1 saturated carbocycles. The molecular formula is C8H16N2O. The molecule has 11 heavy (non-hydrogen) atoms. The third kappa shape index (κ3) is 1.71. The van der Waals surface area contributed by atoms with Crippen molar-refractivity contribution in [2.45, 2.75) is 37.7 Å². The molecule has 0 aliphatic heterocycles. The lowest BCUT2D eigenvalue weighted by Gasteiger charge is -2.32. The molecule has 0 atom stereocenters. The van der Waals surface area contributed by atoms with Crippen LogP contribution in [0.5, 0.6) is 0 Å². The molecule has 1 aliphatic rings. The maximum absolute atomic E-state index is 9.85. The first kappa shape index (κ1) is 8.53. The third-order valence-electron chi connectivity index (χ3n) is 2.40. The zero-order chi connectivity index (χ0) is 8.32. The van der Waals surface area contributed by atoms with Gasteiger partial charge in [0.15, 0.2) is 0 Å². The maximum atomic E-state index is 9.85. The quantitative estimate of drug-likeness (QED) is 0.390. The number of rotatable bonds is 1. The van der Waals surface area contributed by atoms with Crippen LogP contribution in [0.15, 0.2) is 0 Å². The number of aliphatic hydroxyl groups is 1. The van der Waals surface area contributed by atoms with Gasteiger partial charge in [0.05, 0.1) is 0 Å². The van der Waals surface area contributed by atoms with Gasteiger partial charge >= 0.3 is 0 Å². The Morgan fingerprint density at radius 1 is 1.36 bits per heavy atom. The lowest BCUT2D eigenvalue weighted by Crippen LogP contribution is -2.46. The van der Waals surface area contributed by atoms with Gasteiger partial charge in [-0.3, -0.25) is 5.41 Å². The van der Waals surface area contributed by atoms with E-state index in [4.69, 9.17) is 5.41 Å². The summed E-state index contributed by atoms with van der Waals surface area (Å²) in [5.41, 5.74) is -0.840. The lowest BCUT2D eigenvalue weighted by molar-refractivity contribution is 0.0670. The highest BCUT2D eigenvalue weighted by Crippen LogP contribution is 2.27. The summed E-state index contributed by atoms with van der Waals surface area (Å²) in [7, 11) is 1.69. The molecule has 0 unspecified atom stereocenters. The van der Waals surface area contributed by atoms with Crippen molar-refractivity contribution in [2.75, 3.05) is 7.05 Å². The first-order valence-electron chi connectivity index (χ1n) is 4.18. The van der Waals surface area contributed by atoms with E-state index >= 15 is 0 Å². The zero-order valence-electron chi connectivity index (χ0n) is 6.98. The summed E-state index contributed by atoms with van der Waals surface area (Å²) >= 11 is 0. The van der Waals surface area contributed by atoms with Crippen molar-refractivity contribution in [3.8, 4) is 0 Å². The molecule has 1 aliphatic carbocycles. The Labute approximate surface area is 67.3 Å². The molecule has 0 aromatic carbocycles. The van der Waals surface area contributed by atoms with Crippen LogP contribution >= 0.6 is 0 Å². The second-order valence-corrected chi connectivity index (χ2v) is 3.22. The van der Waals surface area contributed by atoms with Gasteiger partial charge in [-0.25, -0.2) is 0 Å². The van der Waals surface area contributed by atoms with Gasteiger partial charge in [0.2, 0.25) is 0 Å². The molecule has 0 aromatic rings. The number of likely N-dealkylation sites (N-methyl/N-ethyl adjacent to an activating group) is 1. The van der Waals surface area contributed by atoms with Gasteiger partial charge in [-0.05, 0) is 12.8 Å². The van der Waals surface area contributed by atoms with Crippen molar-refractivity contribution in [3.63, 3.8) is 0 Å². The van der Waals surface area contributed by atoms with Crippen molar-refractivity contribution in [1.29, 1.82) is 5.41 Å². The molecule has 0 spiro atoms. The van der Waals surface area contributed by atoms with E-state index in [0.29, 0.717) is 0 Å². The molecule has 3 heteroatoms. The molecule has 3 N–H and O–H groups in total. The Balaban J connectivity index is 2.56. The fraction of sp³-hybridized carbons (Fsp3) is 0.875. The van der Waals surface area contributed by atoms with Gasteiger partial charge in [0.25, 0.3) is 0 Å². The molecule has 64 valence electrons. The van der Waals surface area contributed by atoms with Crippen molar-refractivity contribution in [2.24, 2.45) is 0 Å². The zero-order valence-corrected chi connectivity index (χ0v) is 6.98. The summed E-state index contributed by atoms with van der Waals surface area (Å²) in [6.07, 6.45) is 4.76. The topological polar surface area (TPSA) is 56.1 Å². The Kier molecular flexibility index (Phi) is 2.49. The van der Waals surface area contributed by atoms with Gasteiger partial charge < -0.3 is 10.4 Å². The first-order chi connectivity index (χ1) is 5.19. The minimum atomic E-state index is -0.840. The monoisotopic (exact) mass is 156 g/mol. The van der Waals surface area contributed by atoms with Crippen LogP contribution in [0.4, 0.5) is 0 Å². The van der Waals surface area contributed by atoms with Crippen LogP contribution in [-0.4, -0.2) is 23.6 Å². The molecule has 0 heterocycles. The van der Waals surface area contributed by atoms with Crippen molar-refractivity contribution < 1.29 is 5.11 Å². The average molecular weight is 156 g/mol. The number of hydrogen-bond donors (Lipinski definition) is 3. The Morgan fingerprint density at radius 2 is 1.91 bits per heavy atom. The van der Waals surface area contributed by atoms with Crippen LogP contribution in [0.1, 0.15) is 32.1 Å². The van der Waals surface area contributed by atoms with Crippen LogP contribution in [-0.2, 0) is 0 Å². The highest BCUT2D eigenvalue weighted by atomic mass is 16.3. The average Bonchev–Trinajstić information content (AvgIpc) is 2.04. The summed E-state index contributed by atoms with van der Waals surface area (Å²) < 4.78 is 0. The van der Waals surface area contributed by atoms with Crippen LogP contribution in [0, 0.1) is 5.41 Å². The predicted molar refractivity (Wildman–Crippen MR) is 44.8 cm³/mol. The fourth-order valence-electron chi connectivity index (χ4n) is 1.62. The summed E-state index contributed by atoms with van der Waals surface area (Å²) in [5.74, 6) is 0.275. The van der Waals surface area contributed by atoms with Crippen molar-refractivity contribution in [3.05, 3.63) is 0 Å². The van der Waals surface area contributed by atoms with E-state index < -0.39 is 5.60 Å². The fourth-order valence-corrected chi connectivity index (χ4v) is 1.62. The Morgan fingerprint density at radius 3 is 2.36 bits per heavy atom. The molecule has 3 nitrogen and oxygen atoms in total. The van der Waals surface area contributed by atoms with E-state index in [1.54, 1.807) is 7.05 Å². The third-order valence-corrected chi connectivity index (χ3v) is 2.40. The largest absolute Gasteiger partial charge is 0.382 e. The van der Waals surface area contributed by atoms with Crippen LogP contribution in [0.3, 0.4) is 0 Å². The second kappa shape index (κ2) is 3.22. The molecule has 0 amide bonds. The summed E-state index contributed by atoms with van der Waals surface area (Å²) in [4.78, 5) is 0. The standard InChI is InChI=1S/C8H16N2O/c1-10-7(9)8(11)5-3-2-4-6-8/h11H,2-6H2,1H3,(H2,9,10). The van der Waals surface area contributed by atoms with Gasteiger partial charge in [0, 0.05) is 7.05 Å². The van der Waals surface area contributed by atoms with Gasteiger partial charge in [-0.1, -0.05) is 19.3 Å². The predicted octanol–water partition coefficient (Wildman–Crippen LogP) is 0.878. The SMILES string of the molecule is CNC(=N)C1(O)CCCCC1. The van der Waals surface area contributed by atoms with Gasteiger partial charge in [0.1, 0.15) is 11.4 Å². The minimum absolute atomic E-state index is 0.275. The molecule has 0 radical (unpaired) electrons. The van der Waals surface area contributed by atoms with E-state index in [1.165, 1.54) is 6.42 Å². The molecule has 0 bridgehead atoms. The molecule has 0 saturated heterocycles. The van der Waals surface area contributed by atoms with Gasteiger partial charge in [-0.2, -0.15) is 0 Å². The number of amidine groups is 1. The lowest BCUT2D eigenvalue weighted by atomic mass is 9.84. The summed E-state index contributed by atoms with van der Waals surface area (Å²) in [6, 6.07) is 0. The molecule has 0 aromatic heterocycles. The van der Waals surface area contributed by atoms with E-state index in [-0.39, 0.29) is 5.84 Å². The highest BCUT2D eigenvalue weighted by Gasteiger charge is 2.33. The van der Waals surface area contributed by atoms with Crippen molar-refractivity contribution >= 4 is 5.84 Å². The smallest absolute Gasteiger partial charge is 0.126 e. The Bertz CT molecular complexity index is 150. The summed E-state index contributed by atoms with van der Waals surface area (Å²) in [5, 5.41) is 20.0. The van der Waals surface area contributed by atoms with Gasteiger partial charge in [-0.15, -0.1) is 0 Å². The summed E-state index contributed by atoms with van der Waals surface area (Å²) in [6.45, 7) is 0. The van der Waals surface area contributed by atoms with E-state index in [2.05, 4.69) is 5.32 Å². The van der Waals surface area contributed by atoms with Crippen LogP contribution in [0.2, 0.25) is 0 Å². The Hall–Kier alpha value is -0.570. The molecular weight excluding hydrogens is 140 g/mol. The first-order valence-corrected chi connectivity index (χ1v) is 4.18. The minimum Gasteiger partial charge on any atom is -0.382 e. The highest BCUT2D eigenvalue weighted by molar-refractivity contribution is 5.87. The van der Waals surface area contributed by atoms with E-state index in [1.807, 2.05) is 0 Å². The molecule has 1 fully saturated rings. The second-order valence-electron chi connectivity index (χ2n) is 3.22. The maximum Gasteiger partial charge on any atom is 0.126 e. The molecule has 1 rings (SSSR count). The van der Waals surface area contributed by atoms with E-state index in [9.17, 15) is 5.11 Å². The van der Waals surface area contributed by atoms with Crippen molar-refractivity contribution in [1.82, 2.24) is 5.32 Å². The van der Waals surface area contributed by atoms with Crippen LogP contribution < -0.4 is 5.32 Å². The van der Waals surface area contributed by atoms with E-state index in [0.717, 1.165) is 25.7 Å². The number of nitrogens with one attached hydrogen (secondary N) is 2.